The highest BCUT2D eigenvalue weighted by molar-refractivity contribution is 7.91. The molecule has 0 aromatic heterocycles. The minimum absolute atomic E-state index is 0.0258. The van der Waals surface area contributed by atoms with Gasteiger partial charge in [0.25, 0.3) is 0 Å². The van der Waals surface area contributed by atoms with Crippen LogP contribution in [0.25, 0.3) is 0 Å². The molecule has 1 unspecified atom stereocenters. The molecule has 2 aliphatic rings. The molecule has 5 nitrogen and oxygen atoms in total. The Hall–Kier alpha value is -1.14. The third-order valence-corrected chi connectivity index (χ3v) is 6.20. The number of halogens is 1. The fourth-order valence-corrected chi connectivity index (χ4v) is 4.46. The summed E-state index contributed by atoms with van der Waals surface area (Å²) in [7, 11) is -3.96. The predicted molar refractivity (Wildman–Crippen MR) is 70.9 cm³/mol. The van der Waals surface area contributed by atoms with Gasteiger partial charge in [-0.2, -0.15) is 0 Å². The van der Waals surface area contributed by atoms with Crippen LogP contribution in [-0.2, 0) is 19.6 Å². The first-order chi connectivity index (χ1) is 8.79. The predicted octanol–water partition coefficient (Wildman–Crippen LogP) is 1.35. The summed E-state index contributed by atoms with van der Waals surface area (Å²) in [6, 6.07) is -1.07. The molecule has 0 saturated carbocycles. The van der Waals surface area contributed by atoms with Gasteiger partial charge in [-0.25, -0.2) is 12.7 Å². The van der Waals surface area contributed by atoms with Gasteiger partial charge in [0.05, 0.1) is 0 Å². The van der Waals surface area contributed by atoms with Gasteiger partial charge < -0.3 is 0 Å². The van der Waals surface area contributed by atoms with E-state index in [1.54, 1.807) is 18.2 Å². The molecule has 0 spiro atoms. The highest BCUT2D eigenvalue weighted by Gasteiger charge is 2.50. The Labute approximate surface area is 117 Å². The number of allylic oxidation sites excluding steroid dienone is 3. The first-order valence-electron chi connectivity index (χ1n) is 5.90. The minimum atomic E-state index is -3.96. The van der Waals surface area contributed by atoms with Gasteiger partial charge in [0.2, 0.25) is 21.2 Å². The summed E-state index contributed by atoms with van der Waals surface area (Å²) in [5, 5.41) is -0.812. The Kier molecular flexibility index (Phi) is 3.57. The molecule has 7 heteroatoms. The first-order valence-corrected chi connectivity index (χ1v) is 7.72. The van der Waals surface area contributed by atoms with Gasteiger partial charge >= 0.3 is 0 Å². The lowest BCUT2D eigenvalue weighted by Crippen LogP contribution is -2.50. The summed E-state index contributed by atoms with van der Waals surface area (Å²) in [5.41, 5.74) is 0. The molecule has 0 N–H and O–H groups in total. The standard InChI is InChI=1S/C12H14ClNO4S/c1-12(7-3-2-4-8-12)19(17,18)14-9(11(13)16)5-6-10(14)15/h2-4,7,9H,5-6,8H2,1H3/t9-,12?/m0/s1. The van der Waals surface area contributed by atoms with Crippen LogP contribution < -0.4 is 0 Å². The molecule has 1 saturated heterocycles. The third kappa shape index (κ3) is 2.23. The second kappa shape index (κ2) is 4.76. The largest absolute Gasteiger partial charge is 0.279 e. The maximum atomic E-state index is 12.6. The second-order valence-electron chi connectivity index (χ2n) is 4.86. The van der Waals surface area contributed by atoms with Gasteiger partial charge in [-0.1, -0.05) is 24.3 Å². The Bertz CT molecular complexity index is 581. The quantitative estimate of drug-likeness (QED) is 0.738. The lowest BCUT2D eigenvalue weighted by molar-refractivity contribution is -0.127. The van der Waals surface area contributed by atoms with Crippen molar-refractivity contribution in [2.24, 2.45) is 0 Å². The van der Waals surface area contributed by atoms with Crippen LogP contribution in [0.5, 0.6) is 0 Å². The summed E-state index contributed by atoms with van der Waals surface area (Å²) >= 11 is 5.41. The van der Waals surface area contributed by atoms with Gasteiger partial charge in [0, 0.05) is 6.42 Å². The van der Waals surface area contributed by atoms with Crippen LogP contribution in [0, 0.1) is 0 Å². The number of rotatable bonds is 3. The maximum Gasteiger partial charge on any atom is 0.247 e. The molecule has 1 heterocycles. The van der Waals surface area contributed by atoms with Crippen molar-refractivity contribution in [3.8, 4) is 0 Å². The van der Waals surface area contributed by atoms with Crippen LogP contribution in [0.15, 0.2) is 24.3 Å². The van der Waals surface area contributed by atoms with Crippen molar-refractivity contribution in [1.29, 1.82) is 0 Å². The number of hydrogen-bond donors (Lipinski definition) is 0. The van der Waals surface area contributed by atoms with Gasteiger partial charge in [-0.05, 0) is 31.4 Å². The lowest BCUT2D eigenvalue weighted by atomic mass is 10.0. The molecule has 0 aromatic carbocycles. The molecule has 0 aromatic rings. The maximum absolute atomic E-state index is 12.6. The molecule has 104 valence electrons. The molecule has 0 radical (unpaired) electrons. The van der Waals surface area contributed by atoms with Crippen molar-refractivity contribution in [3.63, 3.8) is 0 Å². The van der Waals surface area contributed by atoms with Gasteiger partial charge in [0.1, 0.15) is 10.8 Å². The smallest absolute Gasteiger partial charge is 0.247 e. The van der Waals surface area contributed by atoms with Crippen LogP contribution in [0.3, 0.4) is 0 Å². The van der Waals surface area contributed by atoms with Crippen molar-refractivity contribution in [1.82, 2.24) is 4.31 Å². The average Bonchev–Trinajstić information content (AvgIpc) is 2.72. The molecule has 1 fully saturated rings. The second-order valence-corrected chi connectivity index (χ2v) is 7.51. The van der Waals surface area contributed by atoms with Crippen LogP contribution in [0.2, 0.25) is 0 Å². The number of nitrogens with zero attached hydrogens (tertiary/aromatic N) is 1. The van der Waals surface area contributed by atoms with E-state index < -0.39 is 32.0 Å². The summed E-state index contributed by atoms with van der Waals surface area (Å²) in [5.74, 6) is -0.567. The van der Waals surface area contributed by atoms with E-state index in [-0.39, 0.29) is 19.3 Å². The number of carbonyl (C=O) groups excluding carboxylic acids is 2. The van der Waals surface area contributed by atoms with Crippen LogP contribution in [0.4, 0.5) is 0 Å². The van der Waals surface area contributed by atoms with Crippen LogP contribution in [0.1, 0.15) is 26.2 Å². The van der Waals surface area contributed by atoms with E-state index in [9.17, 15) is 18.0 Å². The molecule has 2 atom stereocenters. The molecule has 1 aliphatic carbocycles. The number of amides is 1. The minimum Gasteiger partial charge on any atom is -0.279 e. The van der Waals surface area contributed by atoms with Crippen LogP contribution in [-0.4, -0.2) is 34.7 Å². The van der Waals surface area contributed by atoms with E-state index in [2.05, 4.69) is 0 Å². The highest BCUT2D eigenvalue weighted by Crippen LogP contribution is 2.35. The SMILES string of the molecule is CC1(S(=O)(=O)N2C(=O)CC[C@H]2C(=O)Cl)C=CC=CC1. The fraction of sp³-hybridized carbons (Fsp3) is 0.500. The fourth-order valence-electron chi connectivity index (χ4n) is 2.29. The van der Waals surface area contributed by atoms with Gasteiger partial charge in [-0.3, -0.25) is 9.59 Å². The van der Waals surface area contributed by atoms with E-state index in [0.29, 0.717) is 4.31 Å². The first kappa shape index (κ1) is 14.3. The molecule has 1 amide bonds. The number of carbonyl (C=O) groups is 2. The van der Waals surface area contributed by atoms with Crippen molar-refractivity contribution in [2.45, 2.75) is 37.0 Å². The summed E-state index contributed by atoms with van der Waals surface area (Å²) in [4.78, 5) is 23.1. The van der Waals surface area contributed by atoms with Crippen molar-refractivity contribution in [2.75, 3.05) is 0 Å². The zero-order chi connectivity index (χ0) is 14.3. The zero-order valence-electron chi connectivity index (χ0n) is 10.4. The number of sulfonamides is 1. The molecule has 19 heavy (non-hydrogen) atoms. The molecular formula is C12H14ClNO4S. The van der Waals surface area contributed by atoms with Gasteiger partial charge in [-0.15, -0.1) is 0 Å². The van der Waals surface area contributed by atoms with Crippen molar-refractivity contribution < 1.29 is 18.0 Å². The van der Waals surface area contributed by atoms with E-state index in [0.717, 1.165) is 0 Å². The monoisotopic (exact) mass is 303 g/mol. The molecular weight excluding hydrogens is 290 g/mol. The Morgan fingerprint density at radius 1 is 1.47 bits per heavy atom. The van der Waals surface area contributed by atoms with E-state index >= 15 is 0 Å². The molecule has 0 bridgehead atoms. The Balaban J connectivity index is 2.43. The summed E-state index contributed by atoms with van der Waals surface area (Å²) in [6.07, 6.45) is 7.05. The average molecular weight is 304 g/mol. The third-order valence-electron chi connectivity index (χ3n) is 3.49. The van der Waals surface area contributed by atoms with Crippen LogP contribution >= 0.6 is 11.6 Å². The van der Waals surface area contributed by atoms with E-state index in [4.69, 9.17) is 11.6 Å². The molecule has 1 aliphatic heterocycles. The highest BCUT2D eigenvalue weighted by atomic mass is 35.5. The topological polar surface area (TPSA) is 71.5 Å². The van der Waals surface area contributed by atoms with Crippen molar-refractivity contribution >= 4 is 32.8 Å². The summed E-state index contributed by atoms with van der Waals surface area (Å²) < 4.78 is 24.7. The lowest BCUT2D eigenvalue weighted by Gasteiger charge is -2.33. The van der Waals surface area contributed by atoms with Crippen molar-refractivity contribution in [3.05, 3.63) is 24.3 Å². The Morgan fingerprint density at radius 3 is 2.68 bits per heavy atom. The van der Waals surface area contributed by atoms with Gasteiger partial charge in [0.15, 0.2) is 0 Å². The Morgan fingerprint density at radius 2 is 2.16 bits per heavy atom. The zero-order valence-corrected chi connectivity index (χ0v) is 11.9. The normalized spacial score (nSPS) is 30.9. The number of hydrogen-bond acceptors (Lipinski definition) is 4. The summed E-state index contributed by atoms with van der Waals surface area (Å²) in [6.45, 7) is 1.53. The molecule has 2 rings (SSSR count). The van der Waals surface area contributed by atoms with E-state index in [1.807, 2.05) is 0 Å². The van der Waals surface area contributed by atoms with E-state index in [1.165, 1.54) is 13.0 Å².